The molecule has 0 bridgehead atoms. The highest BCUT2D eigenvalue weighted by Crippen LogP contribution is 2.33. The SMILES string of the molecule is O=C(NC1CCC1)c1cc(Oc2nccc3occc23)ccc1-c1cccc2nccn12. The predicted molar refractivity (Wildman–Crippen MR) is 120 cm³/mol. The van der Waals surface area contributed by atoms with E-state index in [9.17, 15) is 4.79 Å². The zero-order chi connectivity index (χ0) is 21.5. The second-order valence-corrected chi connectivity index (χ2v) is 7.93. The number of aromatic nitrogens is 3. The minimum atomic E-state index is -0.109. The Hall–Kier alpha value is -4.13. The summed E-state index contributed by atoms with van der Waals surface area (Å²) < 4.78 is 13.5. The summed E-state index contributed by atoms with van der Waals surface area (Å²) in [6.45, 7) is 0. The lowest BCUT2D eigenvalue weighted by molar-refractivity contribution is 0.0917. The van der Waals surface area contributed by atoms with Crippen LogP contribution < -0.4 is 10.1 Å². The van der Waals surface area contributed by atoms with Crippen LogP contribution in [0, 0.1) is 0 Å². The van der Waals surface area contributed by atoms with Gasteiger partial charge in [-0.15, -0.1) is 0 Å². The maximum absolute atomic E-state index is 13.3. The molecular formula is C25H20N4O3. The Balaban J connectivity index is 1.44. The standard InChI is InChI=1S/C25H20N4O3/c30-24(28-16-3-1-4-16)20-15-17(32-25-19-10-14-31-22(19)9-11-27-25)7-8-18(20)21-5-2-6-23-26-12-13-29(21)23/h2,5-16H,1,3-4H2,(H,28,30). The molecule has 1 aliphatic rings. The predicted octanol–water partition coefficient (Wildman–Crippen LogP) is 5.22. The van der Waals surface area contributed by atoms with Crippen LogP contribution >= 0.6 is 0 Å². The van der Waals surface area contributed by atoms with Crippen LogP contribution in [0.4, 0.5) is 0 Å². The number of hydrogen-bond acceptors (Lipinski definition) is 5. The van der Waals surface area contributed by atoms with Crippen LogP contribution in [0.25, 0.3) is 27.9 Å². The van der Waals surface area contributed by atoms with E-state index in [4.69, 9.17) is 9.15 Å². The van der Waals surface area contributed by atoms with Crippen LogP contribution in [-0.4, -0.2) is 26.3 Å². The number of carbonyl (C=O) groups excluding carboxylic acids is 1. The van der Waals surface area contributed by atoms with Gasteiger partial charge in [-0.2, -0.15) is 0 Å². The van der Waals surface area contributed by atoms with Crippen molar-refractivity contribution in [2.75, 3.05) is 0 Å². The molecule has 1 fully saturated rings. The normalized spacial score (nSPS) is 13.9. The van der Waals surface area contributed by atoms with Crippen molar-refractivity contribution in [3.8, 4) is 22.9 Å². The van der Waals surface area contributed by atoms with Gasteiger partial charge in [-0.3, -0.25) is 9.20 Å². The average Bonchev–Trinajstić information content (AvgIpc) is 3.46. The Morgan fingerprint density at radius 2 is 2.03 bits per heavy atom. The fourth-order valence-corrected chi connectivity index (χ4v) is 4.04. The van der Waals surface area contributed by atoms with Gasteiger partial charge in [0, 0.05) is 30.2 Å². The molecule has 158 valence electrons. The van der Waals surface area contributed by atoms with Crippen molar-refractivity contribution in [3.05, 3.63) is 78.9 Å². The maximum atomic E-state index is 13.3. The second kappa shape index (κ2) is 7.53. The van der Waals surface area contributed by atoms with Crippen LogP contribution in [0.2, 0.25) is 0 Å². The third kappa shape index (κ3) is 3.19. The molecule has 0 radical (unpaired) electrons. The number of fused-ring (bicyclic) bond motifs is 2. The Morgan fingerprint density at radius 3 is 2.91 bits per heavy atom. The van der Waals surface area contributed by atoms with Crippen LogP contribution in [0.15, 0.2) is 77.8 Å². The number of furan rings is 1. The minimum absolute atomic E-state index is 0.109. The summed E-state index contributed by atoms with van der Waals surface area (Å²) in [6, 6.07) is 15.2. The van der Waals surface area contributed by atoms with Gasteiger partial charge in [-0.05, 0) is 61.7 Å². The molecule has 4 aromatic heterocycles. The number of pyridine rings is 2. The van der Waals surface area contributed by atoms with Gasteiger partial charge in [0.2, 0.25) is 5.88 Å². The molecule has 7 nitrogen and oxygen atoms in total. The molecule has 7 heteroatoms. The number of nitrogens with zero attached hydrogens (tertiary/aromatic N) is 3. The van der Waals surface area contributed by atoms with Crippen molar-refractivity contribution in [2.45, 2.75) is 25.3 Å². The molecule has 1 aliphatic carbocycles. The highest BCUT2D eigenvalue weighted by Gasteiger charge is 2.23. The number of benzene rings is 1. The zero-order valence-electron chi connectivity index (χ0n) is 17.2. The lowest BCUT2D eigenvalue weighted by Gasteiger charge is -2.27. The van der Waals surface area contributed by atoms with E-state index in [1.54, 1.807) is 30.8 Å². The molecule has 1 saturated carbocycles. The highest BCUT2D eigenvalue weighted by molar-refractivity contribution is 6.01. The van der Waals surface area contributed by atoms with Crippen LogP contribution in [-0.2, 0) is 0 Å². The number of ether oxygens (including phenoxy) is 1. The molecule has 0 atom stereocenters. The number of rotatable bonds is 5. The molecule has 1 amide bonds. The summed E-state index contributed by atoms with van der Waals surface area (Å²) in [6.07, 6.45) is 10.1. The van der Waals surface area contributed by atoms with E-state index < -0.39 is 0 Å². The Labute approximate surface area is 183 Å². The number of hydrogen-bond donors (Lipinski definition) is 1. The first kappa shape index (κ1) is 18.6. The summed E-state index contributed by atoms with van der Waals surface area (Å²) in [5, 5.41) is 3.93. The molecule has 0 aliphatic heterocycles. The van der Waals surface area contributed by atoms with E-state index in [0.717, 1.165) is 41.6 Å². The van der Waals surface area contributed by atoms with Crippen LogP contribution in [0.3, 0.4) is 0 Å². The Kier molecular flexibility index (Phi) is 4.38. The lowest BCUT2D eigenvalue weighted by Crippen LogP contribution is -2.39. The third-order valence-electron chi connectivity index (χ3n) is 5.94. The van der Waals surface area contributed by atoms with Crippen LogP contribution in [0.1, 0.15) is 29.6 Å². The third-order valence-corrected chi connectivity index (χ3v) is 5.94. The molecular weight excluding hydrogens is 404 g/mol. The molecule has 32 heavy (non-hydrogen) atoms. The molecule has 1 N–H and O–H groups in total. The topological polar surface area (TPSA) is 81.7 Å². The first-order chi connectivity index (χ1) is 15.8. The van der Waals surface area contributed by atoms with Crippen molar-refractivity contribution in [2.24, 2.45) is 0 Å². The minimum Gasteiger partial charge on any atom is -0.464 e. The van der Waals surface area contributed by atoms with E-state index in [-0.39, 0.29) is 11.9 Å². The summed E-state index contributed by atoms with van der Waals surface area (Å²) in [7, 11) is 0. The summed E-state index contributed by atoms with van der Waals surface area (Å²) >= 11 is 0. The maximum Gasteiger partial charge on any atom is 0.252 e. The Morgan fingerprint density at radius 1 is 1.09 bits per heavy atom. The van der Waals surface area contributed by atoms with Gasteiger partial charge in [0.25, 0.3) is 5.91 Å². The van der Waals surface area contributed by atoms with Crippen LogP contribution in [0.5, 0.6) is 11.6 Å². The van der Waals surface area contributed by atoms with E-state index in [1.807, 2.05) is 47.0 Å². The van der Waals surface area contributed by atoms with Gasteiger partial charge < -0.3 is 14.5 Å². The smallest absolute Gasteiger partial charge is 0.252 e. The molecule has 1 aromatic carbocycles. The number of amides is 1. The first-order valence-corrected chi connectivity index (χ1v) is 10.6. The van der Waals surface area contributed by atoms with E-state index >= 15 is 0 Å². The van der Waals surface area contributed by atoms with E-state index in [1.165, 1.54) is 0 Å². The van der Waals surface area contributed by atoms with Crippen molar-refractivity contribution < 1.29 is 13.9 Å². The van der Waals surface area contributed by atoms with Crippen molar-refractivity contribution in [3.63, 3.8) is 0 Å². The Bertz CT molecular complexity index is 1450. The summed E-state index contributed by atoms with van der Waals surface area (Å²) in [5.74, 6) is 0.860. The fraction of sp³-hybridized carbons (Fsp3) is 0.160. The molecule has 0 saturated heterocycles. The number of imidazole rings is 1. The van der Waals surface area contributed by atoms with Crippen molar-refractivity contribution >= 4 is 22.5 Å². The van der Waals surface area contributed by atoms with Crippen molar-refractivity contribution in [1.82, 2.24) is 19.7 Å². The first-order valence-electron chi connectivity index (χ1n) is 10.6. The van der Waals surface area contributed by atoms with E-state index in [2.05, 4.69) is 15.3 Å². The number of nitrogens with one attached hydrogen (secondary N) is 1. The summed E-state index contributed by atoms with van der Waals surface area (Å²) in [5.41, 5.74) is 3.77. The zero-order valence-corrected chi connectivity index (χ0v) is 17.2. The monoisotopic (exact) mass is 424 g/mol. The molecule has 0 spiro atoms. The van der Waals surface area contributed by atoms with Gasteiger partial charge in [0.05, 0.1) is 22.9 Å². The van der Waals surface area contributed by atoms with Gasteiger partial charge in [-0.1, -0.05) is 6.07 Å². The number of carbonyl (C=O) groups is 1. The molecule has 4 heterocycles. The lowest BCUT2D eigenvalue weighted by atomic mass is 9.92. The fourth-order valence-electron chi connectivity index (χ4n) is 4.04. The van der Waals surface area contributed by atoms with Gasteiger partial charge in [0.1, 0.15) is 17.0 Å². The molecule has 6 rings (SSSR count). The van der Waals surface area contributed by atoms with Gasteiger partial charge in [0.15, 0.2) is 0 Å². The quantitative estimate of drug-likeness (QED) is 0.418. The molecule has 0 unspecified atom stereocenters. The highest BCUT2D eigenvalue weighted by atomic mass is 16.5. The summed E-state index contributed by atoms with van der Waals surface area (Å²) in [4.78, 5) is 22.0. The van der Waals surface area contributed by atoms with E-state index in [0.29, 0.717) is 22.8 Å². The van der Waals surface area contributed by atoms with Gasteiger partial charge in [-0.25, -0.2) is 9.97 Å². The second-order valence-electron chi connectivity index (χ2n) is 7.93. The van der Waals surface area contributed by atoms with Crippen molar-refractivity contribution in [1.29, 1.82) is 0 Å². The molecule has 5 aromatic rings. The largest absolute Gasteiger partial charge is 0.464 e. The average molecular weight is 424 g/mol. The van der Waals surface area contributed by atoms with Gasteiger partial charge >= 0.3 is 0 Å².